The van der Waals surface area contributed by atoms with Gasteiger partial charge < -0.3 is 5.32 Å². The fourth-order valence-electron chi connectivity index (χ4n) is 2.57. The number of carbonyl (C=O) groups excluding carboxylic acids is 1. The van der Waals surface area contributed by atoms with E-state index in [0.29, 0.717) is 19.6 Å². The molecule has 0 aliphatic rings. The fourth-order valence-corrected chi connectivity index (χ4v) is 4.03. The van der Waals surface area contributed by atoms with Crippen LogP contribution in [0.25, 0.3) is 6.08 Å². The minimum Gasteiger partial charge on any atom is -0.347 e. The Labute approximate surface area is 161 Å². The Bertz CT molecular complexity index is 902. The van der Waals surface area contributed by atoms with E-state index in [1.54, 1.807) is 36.5 Å². The maximum atomic E-state index is 12.5. The van der Waals surface area contributed by atoms with Gasteiger partial charge in [-0.25, -0.2) is 8.42 Å². The summed E-state index contributed by atoms with van der Waals surface area (Å²) in [6, 6.07) is 10.3. The van der Waals surface area contributed by atoms with Crippen molar-refractivity contribution >= 4 is 22.0 Å². The first-order chi connectivity index (χ1) is 12.9. The summed E-state index contributed by atoms with van der Waals surface area (Å²) in [5.74, 6) is -0.236. The molecule has 0 saturated carbocycles. The Balaban J connectivity index is 1.99. The van der Waals surface area contributed by atoms with Crippen molar-refractivity contribution in [3.05, 3.63) is 65.5 Å². The molecule has 0 unspecified atom stereocenters. The highest BCUT2D eigenvalue weighted by Gasteiger charge is 2.20. The van der Waals surface area contributed by atoms with Crippen LogP contribution in [0.1, 0.15) is 30.7 Å². The van der Waals surface area contributed by atoms with Crippen molar-refractivity contribution in [3.63, 3.8) is 0 Å². The largest absolute Gasteiger partial charge is 0.347 e. The first kappa shape index (κ1) is 20.8. The molecule has 0 aliphatic heterocycles. The molecule has 1 amide bonds. The van der Waals surface area contributed by atoms with Gasteiger partial charge >= 0.3 is 0 Å². The smallest absolute Gasteiger partial charge is 0.244 e. The van der Waals surface area contributed by atoms with Gasteiger partial charge in [-0.15, -0.1) is 0 Å². The number of amides is 1. The Morgan fingerprint density at radius 3 is 2.41 bits per heavy atom. The number of nitrogens with zero attached hydrogens (tertiary/aromatic N) is 2. The van der Waals surface area contributed by atoms with E-state index in [9.17, 15) is 13.2 Å². The van der Waals surface area contributed by atoms with Crippen LogP contribution in [0, 0.1) is 6.92 Å². The maximum absolute atomic E-state index is 12.5. The Kier molecular flexibility index (Phi) is 7.27. The van der Waals surface area contributed by atoms with Crippen molar-refractivity contribution in [2.75, 3.05) is 13.1 Å². The van der Waals surface area contributed by atoms with Gasteiger partial charge in [0, 0.05) is 25.4 Å². The highest BCUT2D eigenvalue weighted by Crippen LogP contribution is 2.16. The fraction of sp³-hybridized carbons (Fsp3) is 0.300. The Morgan fingerprint density at radius 2 is 1.81 bits per heavy atom. The maximum Gasteiger partial charge on any atom is 0.244 e. The predicted molar refractivity (Wildman–Crippen MR) is 106 cm³/mol. The number of rotatable bonds is 8. The van der Waals surface area contributed by atoms with Gasteiger partial charge in [0.1, 0.15) is 0 Å². The zero-order valence-corrected chi connectivity index (χ0v) is 16.7. The minimum atomic E-state index is -3.47. The quantitative estimate of drug-likeness (QED) is 0.707. The first-order valence-electron chi connectivity index (χ1n) is 8.85. The molecule has 0 radical (unpaired) electrons. The molecule has 1 heterocycles. The average molecular weight is 388 g/mol. The van der Waals surface area contributed by atoms with Gasteiger partial charge in [0.15, 0.2) is 0 Å². The SMILES string of the molecule is CCN(CC)S(=O)(=O)c1ccc(/C=C/C(=O)NCc2ncccc2C)cc1. The van der Waals surface area contributed by atoms with Crippen LogP contribution < -0.4 is 5.32 Å². The predicted octanol–water partition coefficient (Wildman–Crippen LogP) is 2.75. The molecule has 0 atom stereocenters. The molecule has 0 spiro atoms. The van der Waals surface area contributed by atoms with Crippen LogP contribution in [-0.2, 0) is 21.4 Å². The van der Waals surface area contributed by atoms with Crippen LogP contribution in [0.2, 0.25) is 0 Å². The molecule has 0 aliphatic carbocycles. The number of sulfonamides is 1. The molecule has 1 aromatic carbocycles. The van der Waals surface area contributed by atoms with Crippen LogP contribution in [0.5, 0.6) is 0 Å². The van der Waals surface area contributed by atoms with Gasteiger partial charge in [0.25, 0.3) is 0 Å². The van der Waals surface area contributed by atoms with Crippen molar-refractivity contribution < 1.29 is 13.2 Å². The van der Waals surface area contributed by atoms with Gasteiger partial charge in [-0.1, -0.05) is 32.0 Å². The van der Waals surface area contributed by atoms with Gasteiger partial charge in [0.05, 0.1) is 17.1 Å². The second-order valence-corrected chi connectivity index (χ2v) is 7.91. The van der Waals surface area contributed by atoms with Gasteiger partial charge in [0.2, 0.25) is 15.9 Å². The molecule has 0 fully saturated rings. The summed E-state index contributed by atoms with van der Waals surface area (Å²) in [5, 5.41) is 2.79. The summed E-state index contributed by atoms with van der Waals surface area (Å²) < 4.78 is 26.3. The van der Waals surface area contributed by atoms with Crippen molar-refractivity contribution in [1.29, 1.82) is 0 Å². The number of benzene rings is 1. The lowest BCUT2D eigenvalue weighted by Crippen LogP contribution is -2.30. The van der Waals surface area contributed by atoms with Gasteiger partial charge in [-0.3, -0.25) is 9.78 Å². The van der Waals surface area contributed by atoms with Crippen LogP contribution in [-0.4, -0.2) is 36.7 Å². The highest BCUT2D eigenvalue weighted by molar-refractivity contribution is 7.89. The molecule has 1 aromatic heterocycles. The van der Waals surface area contributed by atoms with E-state index in [0.717, 1.165) is 16.8 Å². The molecule has 1 N–H and O–H groups in total. The third-order valence-electron chi connectivity index (χ3n) is 4.20. The summed E-state index contributed by atoms with van der Waals surface area (Å²) >= 11 is 0. The monoisotopic (exact) mass is 387 g/mol. The van der Waals surface area contributed by atoms with Crippen molar-refractivity contribution in [3.8, 4) is 0 Å². The lowest BCUT2D eigenvalue weighted by atomic mass is 10.2. The summed E-state index contributed by atoms with van der Waals surface area (Å²) in [4.78, 5) is 16.4. The van der Waals surface area contributed by atoms with E-state index in [1.165, 1.54) is 10.4 Å². The molecule has 2 aromatic rings. The van der Waals surface area contributed by atoms with Crippen molar-refractivity contribution in [1.82, 2.24) is 14.6 Å². The van der Waals surface area contributed by atoms with E-state index >= 15 is 0 Å². The molecule has 0 saturated heterocycles. The molecule has 2 rings (SSSR count). The summed E-state index contributed by atoms with van der Waals surface area (Å²) in [6.07, 6.45) is 4.76. The molecule has 0 bridgehead atoms. The second kappa shape index (κ2) is 9.43. The number of hydrogen-bond acceptors (Lipinski definition) is 4. The van der Waals surface area contributed by atoms with Crippen LogP contribution in [0.15, 0.2) is 53.6 Å². The second-order valence-electron chi connectivity index (χ2n) is 5.98. The Hall–Kier alpha value is -2.51. The number of pyridine rings is 1. The van der Waals surface area contributed by atoms with Crippen molar-refractivity contribution in [2.45, 2.75) is 32.2 Å². The third-order valence-corrected chi connectivity index (χ3v) is 6.26. The van der Waals surface area contributed by atoms with Crippen LogP contribution >= 0.6 is 0 Å². The molecular formula is C20H25N3O3S. The summed E-state index contributed by atoms with van der Waals surface area (Å²) in [6.45, 7) is 6.77. The number of aromatic nitrogens is 1. The molecule has 27 heavy (non-hydrogen) atoms. The zero-order chi connectivity index (χ0) is 19.9. The van der Waals surface area contributed by atoms with Crippen LogP contribution in [0.3, 0.4) is 0 Å². The summed E-state index contributed by atoms with van der Waals surface area (Å²) in [7, 11) is -3.47. The number of aryl methyl sites for hydroxylation is 1. The third kappa shape index (κ3) is 5.48. The van der Waals surface area contributed by atoms with E-state index in [-0.39, 0.29) is 10.8 Å². The topological polar surface area (TPSA) is 79.4 Å². The molecule has 7 heteroatoms. The van der Waals surface area contributed by atoms with E-state index in [2.05, 4.69) is 10.3 Å². The van der Waals surface area contributed by atoms with E-state index in [1.807, 2.05) is 32.9 Å². The molecule has 6 nitrogen and oxygen atoms in total. The summed E-state index contributed by atoms with van der Waals surface area (Å²) in [5.41, 5.74) is 2.59. The Morgan fingerprint density at radius 1 is 1.15 bits per heavy atom. The van der Waals surface area contributed by atoms with Crippen LogP contribution in [0.4, 0.5) is 0 Å². The minimum absolute atomic E-state index is 0.236. The van der Waals surface area contributed by atoms with Crippen molar-refractivity contribution in [2.24, 2.45) is 0 Å². The average Bonchev–Trinajstić information content (AvgIpc) is 2.67. The lowest BCUT2D eigenvalue weighted by Gasteiger charge is -2.18. The highest BCUT2D eigenvalue weighted by atomic mass is 32.2. The van der Waals surface area contributed by atoms with Gasteiger partial charge in [-0.05, 0) is 42.3 Å². The lowest BCUT2D eigenvalue weighted by molar-refractivity contribution is -0.116. The normalized spacial score (nSPS) is 11.9. The number of nitrogens with one attached hydrogen (secondary N) is 1. The molecule has 144 valence electrons. The molecular weight excluding hydrogens is 362 g/mol. The van der Waals surface area contributed by atoms with E-state index in [4.69, 9.17) is 0 Å². The van der Waals surface area contributed by atoms with Gasteiger partial charge in [-0.2, -0.15) is 4.31 Å². The van der Waals surface area contributed by atoms with E-state index < -0.39 is 10.0 Å². The zero-order valence-electron chi connectivity index (χ0n) is 15.8. The first-order valence-corrected chi connectivity index (χ1v) is 10.3. The standard InChI is InChI=1S/C20H25N3O3S/c1-4-23(5-2)27(25,26)18-11-8-17(9-12-18)10-13-20(24)22-15-19-16(3)7-6-14-21-19/h6-14H,4-5,15H2,1-3H3,(H,22,24)/b13-10+. The number of hydrogen-bond donors (Lipinski definition) is 1. The number of carbonyl (C=O) groups is 1.